The first-order valence-electron chi connectivity index (χ1n) is 11.4. The summed E-state index contributed by atoms with van der Waals surface area (Å²) in [7, 11) is 0. The minimum atomic E-state index is -4.82. The molecule has 184 valence electrons. The predicted molar refractivity (Wildman–Crippen MR) is 132 cm³/mol. The van der Waals surface area contributed by atoms with E-state index >= 15 is 0 Å². The maximum Gasteiger partial charge on any atom is 0.573 e. The van der Waals surface area contributed by atoms with Gasteiger partial charge in [0, 0.05) is 16.4 Å². The first-order valence-corrected chi connectivity index (χ1v) is 11.8. The lowest BCUT2D eigenvalue weighted by molar-refractivity contribution is -0.274. The molecule has 0 aromatic heterocycles. The van der Waals surface area contributed by atoms with Gasteiger partial charge in [-0.2, -0.15) is 0 Å². The Morgan fingerprint density at radius 2 is 1.54 bits per heavy atom. The lowest BCUT2D eigenvalue weighted by Crippen LogP contribution is -2.47. The average Bonchev–Trinajstić information content (AvgIpc) is 3.08. The number of carbonyl (C=O) groups is 1. The molecule has 4 nitrogen and oxygen atoms in total. The van der Waals surface area contributed by atoms with Crippen LogP contribution in [-0.4, -0.2) is 17.9 Å². The van der Waals surface area contributed by atoms with Gasteiger partial charge < -0.3 is 4.74 Å². The molecule has 0 radical (unpaired) electrons. The SMILES string of the molecule is CCC1(CC)C(c2cccc(OC(F)(F)F)c2)N(c2ccc(Cl)cc2)C(=O)N1c1ccc(C)cc1. The van der Waals surface area contributed by atoms with Gasteiger partial charge in [0.15, 0.2) is 0 Å². The van der Waals surface area contributed by atoms with Crippen molar-refractivity contribution in [2.75, 3.05) is 9.80 Å². The van der Waals surface area contributed by atoms with Crippen LogP contribution in [0.1, 0.15) is 43.9 Å². The summed E-state index contributed by atoms with van der Waals surface area (Å²) < 4.78 is 43.2. The van der Waals surface area contributed by atoms with Gasteiger partial charge in [-0.3, -0.25) is 9.80 Å². The topological polar surface area (TPSA) is 32.8 Å². The van der Waals surface area contributed by atoms with Crippen molar-refractivity contribution in [2.45, 2.75) is 51.6 Å². The molecule has 0 spiro atoms. The molecule has 1 fully saturated rings. The zero-order valence-corrected chi connectivity index (χ0v) is 20.4. The fourth-order valence-corrected chi connectivity index (χ4v) is 5.11. The molecule has 2 amide bonds. The van der Waals surface area contributed by atoms with Gasteiger partial charge in [-0.1, -0.05) is 55.3 Å². The van der Waals surface area contributed by atoms with Gasteiger partial charge in [0.2, 0.25) is 0 Å². The number of ether oxygens (including phenoxy) is 1. The summed E-state index contributed by atoms with van der Waals surface area (Å²) >= 11 is 6.10. The number of carbonyl (C=O) groups excluding carboxylic acids is 1. The molecule has 0 bridgehead atoms. The Kier molecular flexibility index (Phi) is 6.73. The summed E-state index contributed by atoms with van der Waals surface area (Å²) in [4.78, 5) is 17.5. The van der Waals surface area contributed by atoms with Crippen molar-refractivity contribution in [1.82, 2.24) is 0 Å². The van der Waals surface area contributed by atoms with Crippen LogP contribution in [0, 0.1) is 6.92 Å². The van der Waals surface area contributed by atoms with Gasteiger partial charge in [0.25, 0.3) is 0 Å². The van der Waals surface area contributed by atoms with Crippen LogP contribution >= 0.6 is 11.6 Å². The summed E-state index contributed by atoms with van der Waals surface area (Å²) in [6.07, 6.45) is -3.68. The molecule has 1 aliphatic heterocycles. The molecular formula is C27H26ClF3N2O2. The van der Waals surface area contributed by atoms with Crippen molar-refractivity contribution in [3.8, 4) is 5.75 Å². The van der Waals surface area contributed by atoms with Gasteiger partial charge in [-0.25, -0.2) is 4.79 Å². The van der Waals surface area contributed by atoms with E-state index in [1.807, 2.05) is 45.0 Å². The van der Waals surface area contributed by atoms with E-state index in [1.165, 1.54) is 18.2 Å². The fraction of sp³-hybridized carbons (Fsp3) is 0.296. The number of rotatable bonds is 6. The predicted octanol–water partition coefficient (Wildman–Crippen LogP) is 8.29. The third kappa shape index (κ3) is 4.69. The Morgan fingerprint density at radius 3 is 2.11 bits per heavy atom. The van der Waals surface area contributed by atoms with Crippen LogP contribution in [0.15, 0.2) is 72.8 Å². The molecule has 0 N–H and O–H groups in total. The molecule has 1 saturated heterocycles. The second-order valence-electron chi connectivity index (χ2n) is 8.63. The summed E-state index contributed by atoms with van der Waals surface area (Å²) in [5.41, 5.74) is 2.21. The van der Waals surface area contributed by atoms with E-state index in [2.05, 4.69) is 4.74 Å². The van der Waals surface area contributed by atoms with E-state index in [-0.39, 0.29) is 11.8 Å². The first-order chi connectivity index (χ1) is 16.6. The number of halogens is 4. The highest BCUT2D eigenvalue weighted by atomic mass is 35.5. The highest BCUT2D eigenvalue weighted by Crippen LogP contribution is 2.51. The van der Waals surface area contributed by atoms with Gasteiger partial charge in [-0.15, -0.1) is 13.2 Å². The molecular weight excluding hydrogens is 477 g/mol. The highest BCUT2D eigenvalue weighted by molar-refractivity contribution is 6.30. The Labute approximate surface area is 207 Å². The molecule has 8 heteroatoms. The van der Waals surface area contributed by atoms with E-state index in [0.29, 0.717) is 29.1 Å². The number of nitrogens with zero attached hydrogens (tertiary/aromatic N) is 2. The summed E-state index contributed by atoms with van der Waals surface area (Å²) in [5, 5.41) is 0.519. The molecule has 1 atom stereocenters. The smallest absolute Gasteiger partial charge is 0.406 e. The minimum absolute atomic E-state index is 0.257. The van der Waals surface area contributed by atoms with Crippen molar-refractivity contribution in [2.24, 2.45) is 0 Å². The van der Waals surface area contributed by atoms with Crippen LogP contribution in [0.5, 0.6) is 5.75 Å². The maximum absolute atomic E-state index is 14.1. The number of hydrogen-bond donors (Lipinski definition) is 0. The second kappa shape index (κ2) is 9.46. The summed E-state index contributed by atoms with van der Waals surface area (Å²) in [6, 6.07) is 19.6. The van der Waals surface area contributed by atoms with Gasteiger partial charge in [0.1, 0.15) is 5.75 Å². The van der Waals surface area contributed by atoms with E-state index in [1.54, 1.807) is 40.1 Å². The van der Waals surface area contributed by atoms with Crippen LogP contribution in [-0.2, 0) is 0 Å². The van der Waals surface area contributed by atoms with Crippen molar-refractivity contribution in [3.05, 3.63) is 88.9 Å². The quantitative estimate of drug-likeness (QED) is 0.339. The Hall–Kier alpha value is -3.19. The Morgan fingerprint density at radius 1 is 0.943 bits per heavy atom. The molecule has 3 aromatic carbocycles. The molecule has 35 heavy (non-hydrogen) atoms. The van der Waals surface area contributed by atoms with Crippen molar-refractivity contribution in [3.63, 3.8) is 0 Å². The van der Waals surface area contributed by atoms with Crippen molar-refractivity contribution in [1.29, 1.82) is 0 Å². The van der Waals surface area contributed by atoms with Crippen molar-refractivity contribution < 1.29 is 22.7 Å². The monoisotopic (exact) mass is 502 g/mol. The number of hydrogen-bond acceptors (Lipinski definition) is 2. The normalized spacial score (nSPS) is 17.7. The Balaban J connectivity index is 1.93. The lowest BCUT2D eigenvalue weighted by Gasteiger charge is -2.40. The number of urea groups is 1. The maximum atomic E-state index is 14.1. The number of alkyl halides is 3. The van der Waals surface area contributed by atoms with Crippen LogP contribution in [0.3, 0.4) is 0 Å². The number of anilines is 2. The molecule has 1 aliphatic rings. The third-order valence-electron chi connectivity index (χ3n) is 6.64. The van der Waals surface area contributed by atoms with E-state index < -0.39 is 17.9 Å². The van der Waals surface area contributed by atoms with Crippen LogP contribution in [0.25, 0.3) is 0 Å². The third-order valence-corrected chi connectivity index (χ3v) is 6.89. The number of aryl methyl sites for hydroxylation is 1. The molecule has 0 aliphatic carbocycles. The van der Waals surface area contributed by atoms with Crippen LogP contribution < -0.4 is 14.5 Å². The van der Waals surface area contributed by atoms with E-state index in [9.17, 15) is 18.0 Å². The number of amides is 2. The fourth-order valence-electron chi connectivity index (χ4n) is 4.99. The Bertz CT molecular complexity index is 1190. The van der Waals surface area contributed by atoms with E-state index in [0.717, 1.165) is 11.3 Å². The largest absolute Gasteiger partial charge is 0.573 e. The van der Waals surface area contributed by atoms with E-state index in [4.69, 9.17) is 11.6 Å². The zero-order chi connectivity index (χ0) is 25.4. The summed E-state index contributed by atoms with van der Waals surface area (Å²) in [6.45, 7) is 5.95. The number of benzene rings is 3. The highest BCUT2D eigenvalue weighted by Gasteiger charge is 2.57. The van der Waals surface area contributed by atoms with Gasteiger partial charge in [-0.05, 0) is 73.9 Å². The van der Waals surface area contributed by atoms with Gasteiger partial charge >= 0.3 is 12.4 Å². The zero-order valence-electron chi connectivity index (χ0n) is 19.6. The van der Waals surface area contributed by atoms with Crippen LogP contribution in [0.2, 0.25) is 5.02 Å². The lowest BCUT2D eigenvalue weighted by atomic mass is 9.80. The molecule has 1 unspecified atom stereocenters. The second-order valence-corrected chi connectivity index (χ2v) is 9.07. The molecule has 3 aromatic rings. The first kappa shape index (κ1) is 24.9. The average molecular weight is 503 g/mol. The summed E-state index contributed by atoms with van der Waals surface area (Å²) in [5.74, 6) is -0.326. The van der Waals surface area contributed by atoms with Crippen LogP contribution in [0.4, 0.5) is 29.3 Å². The van der Waals surface area contributed by atoms with Gasteiger partial charge in [0.05, 0.1) is 11.6 Å². The van der Waals surface area contributed by atoms with Crippen molar-refractivity contribution >= 4 is 29.0 Å². The molecule has 1 heterocycles. The standard InChI is InChI=1S/C27H26ClF3N2O2/c1-4-26(5-2)24(19-7-6-8-23(17-19)35-27(29,30)31)32(21-15-11-20(28)12-16-21)25(34)33(26)22-13-9-18(3)10-14-22/h6-17,24H,4-5H2,1-3H3. The molecule has 4 rings (SSSR count). The minimum Gasteiger partial charge on any atom is -0.406 e. The molecule has 0 saturated carbocycles.